The summed E-state index contributed by atoms with van der Waals surface area (Å²) in [6.07, 6.45) is 0. The van der Waals surface area contributed by atoms with Crippen LogP contribution >= 0.6 is 0 Å². The monoisotopic (exact) mass is 335 g/mol. The van der Waals surface area contributed by atoms with Gasteiger partial charge in [-0.25, -0.2) is 9.97 Å². The zero-order chi connectivity index (χ0) is 17.4. The van der Waals surface area contributed by atoms with E-state index in [1.54, 1.807) is 18.2 Å². The van der Waals surface area contributed by atoms with Crippen LogP contribution in [0.15, 0.2) is 42.5 Å². The molecule has 2 aromatic heterocycles. The van der Waals surface area contributed by atoms with E-state index in [-0.39, 0.29) is 18.6 Å². The van der Waals surface area contributed by atoms with Crippen molar-refractivity contribution < 1.29 is 9.90 Å². The summed E-state index contributed by atoms with van der Waals surface area (Å²) in [5, 5.41) is 12.1. The quantitative estimate of drug-likeness (QED) is 0.459. The van der Waals surface area contributed by atoms with Gasteiger partial charge >= 0.3 is 0 Å². The predicted molar refractivity (Wildman–Crippen MR) is 94.0 cm³/mol. The number of rotatable bonds is 4. The number of aromatic nitrogens is 4. The van der Waals surface area contributed by atoms with E-state index < -0.39 is 0 Å². The molecule has 2 heterocycles. The van der Waals surface area contributed by atoms with Gasteiger partial charge in [0, 0.05) is 5.56 Å². The van der Waals surface area contributed by atoms with Gasteiger partial charge in [0.05, 0.1) is 28.1 Å². The molecular formula is C18H17N5O2. The van der Waals surface area contributed by atoms with Gasteiger partial charge in [-0.2, -0.15) is 0 Å². The number of hydrogen-bond donors (Lipinski definition) is 4. The predicted octanol–water partition coefficient (Wildman–Crippen LogP) is 2.42. The van der Waals surface area contributed by atoms with E-state index >= 15 is 0 Å². The van der Waals surface area contributed by atoms with E-state index in [1.807, 2.05) is 31.2 Å². The highest BCUT2D eigenvalue weighted by Gasteiger charge is 2.15. The van der Waals surface area contributed by atoms with Crippen LogP contribution in [0.3, 0.4) is 0 Å². The third-order valence-electron chi connectivity index (χ3n) is 4.11. The molecule has 0 saturated heterocycles. The van der Waals surface area contributed by atoms with Crippen molar-refractivity contribution in [3.8, 4) is 0 Å². The first kappa shape index (κ1) is 15.3. The Labute approximate surface area is 143 Å². The molecule has 0 saturated carbocycles. The number of fused-ring (bicyclic) bond motifs is 2. The Morgan fingerprint density at radius 1 is 1.12 bits per heavy atom. The van der Waals surface area contributed by atoms with Crippen molar-refractivity contribution in [3.63, 3.8) is 0 Å². The van der Waals surface area contributed by atoms with Crippen molar-refractivity contribution in [1.82, 2.24) is 25.3 Å². The Hall–Kier alpha value is -3.19. The molecule has 0 fully saturated rings. The lowest BCUT2D eigenvalue weighted by Crippen LogP contribution is -2.27. The van der Waals surface area contributed by atoms with Crippen LogP contribution in [-0.4, -0.2) is 30.9 Å². The molecule has 7 nitrogen and oxygen atoms in total. The summed E-state index contributed by atoms with van der Waals surface area (Å²) in [7, 11) is 0. The molecule has 2 aromatic carbocycles. The van der Waals surface area contributed by atoms with E-state index in [0.29, 0.717) is 28.2 Å². The van der Waals surface area contributed by atoms with Crippen molar-refractivity contribution in [2.45, 2.75) is 19.6 Å². The van der Waals surface area contributed by atoms with Gasteiger partial charge in [-0.3, -0.25) is 4.79 Å². The van der Waals surface area contributed by atoms with E-state index in [1.165, 1.54) is 0 Å². The summed E-state index contributed by atoms with van der Waals surface area (Å²) >= 11 is 0. The standard InChI is InChI=1S/C18H17N5O2/c1-10(17-22-12-4-2-3-5-13(12)23-17)19-18(25)11-6-7-14-15(8-11)21-16(9-24)20-14/h2-8,10,24H,9H2,1H3,(H,19,25)(H,20,21)(H,22,23)/t10-/m0/s1. The van der Waals surface area contributed by atoms with Gasteiger partial charge in [-0.05, 0) is 37.3 Å². The molecule has 1 amide bonds. The highest BCUT2D eigenvalue weighted by molar-refractivity contribution is 5.97. The zero-order valence-corrected chi connectivity index (χ0v) is 13.6. The normalized spacial score (nSPS) is 12.6. The van der Waals surface area contributed by atoms with Crippen LogP contribution in [0.5, 0.6) is 0 Å². The summed E-state index contributed by atoms with van der Waals surface area (Å²) < 4.78 is 0. The molecule has 7 heteroatoms. The number of benzene rings is 2. The molecule has 4 N–H and O–H groups in total. The summed E-state index contributed by atoms with van der Waals surface area (Å²) in [5.74, 6) is 0.984. The molecule has 0 aliphatic heterocycles. The summed E-state index contributed by atoms with van der Waals surface area (Å²) in [5.41, 5.74) is 3.76. The SMILES string of the molecule is C[C@H](NC(=O)c1ccc2nc(CO)[nH]c2c1)c1nc2ccccc2[nH]1. The molecule has 4 rings (SSSR count). The lowest BCUT2D eigenvalue weighted by molar-refractivity contribution is 0.0938. The van der Waals surface area contributed by atoms with Gasteiger partial charge < -0.3 is 20.4 Å². The average Bonchev–Trinajstić information content (AvgIpc) is 3.24. The third-order valence-corrected chi connectivity index (χ3v) is 4.11. The number of aliphatic hydroxyl groups is 1. The van der Waals surface area contributed by atoms with Crippen molar-refractivity contribution in [1.29, 1.82) is 0 Å². The Balaban J connectivity index is 1.56. The lowest BCUT2D eigenvalue weighted by Gasteiger charge is -2.11. The number of hydrogen-bond acceptors (Lipinski definition) is 4. The average molecular weight is 335 g/mol. The van der Waals surface area contributed by atoms with Crippen molar-refractivity contribution in [2.75, 3.05) is 0 Å². The molecular weight excluding hydrogens is 318 g/mol. The molecule has 0 bridgehead atoms. The van der Waals surface area contributed by atoms with Gasteiger partial charge in [0.1, 0.15) is 18.3 Å². The van der Waals surface area contributed by atoms with Gasteiger partial charge in [0.25, 0.3) is 5.91 Å². The number of nitrogens with one attached hydrogen (secondary N) is 3. The Kier molecular flexibility index (Phi) is 3.70. The number of aromatic amines is 2. The van der Waals surface area contributed by atoms with E-state index in [4.69, 9.17) is 5.11 Å². The van der Waals surface area contributed by atoms with Crippen LogP contribution in [0.4, 0.5) is 0 Å². The second kappa shape index (κ2) is 6.03. The second-order valence-electron chi connectivity index (χ2n) is 5.91. The maximum absolute atomic E-state index is 12.5. The minimum absolute atomic E-state index is 0.167. The van der Waals surface area contributed by atoms with Gasteiger partial charge in [0.15, 0.2) is 0 Å². The third kappa shape index (κ3) is 2.85. The van der Waals surface area contributed by atoms with Crippen LogP contribution in [0.25, 0.3) is 22.1 Å². The van der Waals surface area contributed by atoms with Gasteiger partial charge in [0.2, 0.25) is 0 Å². The Morgan fingerprint density at radius 2 is 1.92 bits per heavy atom. The number of H-pyrrole nitrogens is 2. The summed E-state index contributed by atoms with van der Waals surface area (Å²) in [6.45, 7) is 1.72. The summed E-state index contributed by atoms with van der Waals surface area (Å²) in [6, 6.07) is 12.7. The fourth-order valence-corrected chi connectivity index (χ4v) is 2.80. The highest BCUT2D eigenvalue weighted by atomic mass is 16.3. The molecule has 4 aromatic rings. The number of aliphatic hydroxyl groups excluding tert-OH is 1. The maximum Gasteiger partial charge on any atom is 0.251 e. The maximum atomic E-state index is 12.5. The largest absolute Gasteiger partial charge is 0.388 e. The minimum atomic E-state index is -0.259. The van der Waals surface area contributed by atoms with Crippen molar-refractivity contribution >= 4 is 28.0 Å². The first-order chi connectivity index (χ1) is 12.1. The van der Waals surface area contributed by atoms with Crippen LogP contribution in [0.1, 0.15) is 35.0 Å². The topological polar surface area (TPSA) is 107 Å². The zero-order valence-electron chi connectivity index (χ0n) is 13.6. The molecule has 1 atom stereocenters. The molecule has 126 valence electrons. The van der Waals surface area contributed by atoms with Crippen molar-refractivity contribution in [3.05, 3.63) is 59.7 Å². The molecule has 0 unspecified atom stereocenters. The van der Waals surface area contributed by atoms with Gasteiger partial charge in [-0.1, -0.05) is 12.1 Å². The number of imidazole rings is 2. The van der Waals surface area contributed by atoms with Crippen LogP contribution < -0.4 is 5.32 Å². The smallest absolute Gasteiger partial charge is 0.251 e. The molecule has 0 radical (unpaired) electrons. The number of nitrogens with zero attached hydrogens (tertiary/aromatic N) is 2. The molecule has 0 aliphatic rings. The number of carbonyl (C=O) groups excluding carboxylic acids is 1. The molecule has 25 heavy (non-hydrogen) atoms. The first-order valence-corrected chi connectivity index (χ1v) is 7.99. The number of carbonyl (C=O) groups is 1. The van der Waals surface area contributed by atoms with Crippen molar-refractivity contribution in [2.24, 2.45) is 0 Å². The van der Waals surface area contributed by atoms with Crippen LogP contribution in [0, 0.1) is 0 Å². The molecule has 0 aliphatic carbocycles. The fraction of sp³-hybridized carbons (Fsp3) is 0.167. The Bertz CT molecular complexity index is 1030. The number of amides is 1. The van der Waals surface area contributed by atoms with Crippen LogP contribution in [0.2, 0.25) is 0 Å². The minimum Gasteiger partial charge on any atom is -0.388 e. The van der Waals surface area contributed by atoms with E-state index in [2.05, 4.69) is 25.3 Å². The summed E-state index contributed by atoms with van der Waals surface area (Å²) in [4.78, 5) is 27.5. The number of para-hydroxylation sites is 2. The Morgan fingerprint density at radius 3 is 2.72 bits per heavy atom. The van der Waals surface area contributed by atoms with Gasteiger partial charge in [-0.15, -0.1) is 0 Å². The highest BCUT2D eigenvalue weighted by Crippen LogP contribution is 2.17. The van der Waals surface area contributed by atoms with E-state index in [9.17, 15) is 4.79 Å². The van der Waals surface area contributed by atoms with Crippen LogP contribution in [-0.2, 0) is 6.61 Å². The second-order valence-corrected chi connectivity index (χ2v) is 5.91. The lowest BCUT2D eigenvalue weighted by atomic mass is 10.1. The van der Waals surface area contributed by atoms with E-state index in [0.717, 1.165) is 11.0 Å². The fourth-order valence-electron chi connectivity index (χ4n) is 2.80. The first-order valence-electron chi connectivity index (χ1n) is 7.99. The molecule has 0 spiro atoms.